The van der Waals surface area contributed by atoms with Gasteiger partial charge >= 0.3 is 0 Å². The first-order chi connectivity index (χ1) is 11.4. The fraction of sp³-hybridized carbons (Fsp3) is 0.350. The predicted octanol–water partition coefficient (Wildman–Crippen LogP) is 3.74. The van der Waals surface area contributed by atoms with Gasteiger partial charge in [-0.1, -0.05) is 60.7 Å². The summed E-state index contributed by atoms with van der Waals surface area (Å²) in [6.07, 6.45) is 3.19. The lowest BCUT2D eigenvalue weighted by molar-refractivity contribution is 0.118. The Bertz CT molecular complexity index is 625. The average Bonchev–Trinajstić information content (AvgIpc) is 3.03. The second-order valence-electron chi connectivity index (χ2n) is 5.99. The molecule has 0 aliphatic carbocycles. The first-order valence-corrected chi connectivity index (χ1v) is 8.29. The summed E-state index contributed by atoms with van der Waals surface area (Å²) in [5.74, 6) is 0. The van der Waals surface area contributed by atoms with E-state index in [0.29, 0.717) is 6.04 Å². The Kier molecular flexibility index (Phi) is 5.43. The second-order valence-corrected chi connectivity index (χ2v) is 5.99. The monoisotopic (exact) mass is 308 g/mol. The topological polar surface area (TPSA) is 24.8 Å². The zero-order chi connectivity index (χ0) is 15.9. The van der Waals surface area contributed by atoms with Gasteiger partial charge in [0.2, 0.25) is 0 Å². The van der Waals surface area contributed by atoms with Crippen molar-refractivity contribution in [3.63, 3.8) is 0 Å². The van der Waals surface area contributed by atoms with Gasteiger partial charge in [0.1, 0.15) is 0 Å². The molecule has 0 bridgehead atoms. The molecule has 1 atom stereocenters. The van der Waals surface area contributed by atoms with E-state index < -0.39 is 0 Å². The molecule has 1 saturated heterocycles. The molecule has 2 aromatic rings. The van der Waals surface area contributed by atoms with Gasteiger partial charge in [-0.25, -0.2) is 0 Å². The number of hydrogen-bond donors (Lipinski definition) is 0. The van der Waals surface area contributed by atoms with Crippen LogP contribution in [0.5, 0.6) is 0 Å². The normalized spacial score (nSPS) is 18.4. The van der Waals surface area contributed by atoms with Crippen LogP contribution in [0.4, 0.5) is 0 Å². The van der Waals surface area contributed by atoms with Crippen molar-refractivity contribution in [2.45, 2.75) is 25.3 Å². The van der Waals surface area contributed by atoms with Gasteiger partial charge in [0, 0.05) is 20.1 Å². The molecular formula is C20H24N2O. The molecule has 1 aliphatic heterocycles. The highest BCUT2D eigenvalue weighted by molar-refractivity contribution is 6.01. The fourth-order valence-corrected chi connectivity index (χ4v) is 3.08. The summed E-state index contributed by atoms with van der Waals surface area (Å²) in [5.41, 5.74) is 3.61. The van der Waals surface area contributed by atoms with Gasteiger partial charge in [-0.3, -0.25) is 5.01 Å². The van der Waals surface area contributed by atoms with Crippen LogP contribution in [0.15, 0.2) is 65.8 Å². The molecule has 0 saturated carbocycles. The molecule has 120 valence electrons. The average molecular weight is 308 g/mol. The zero-order valence-corrected chi connectivity index (χ0v) is 13.7. The molecule has 1 fully saturated rings. The number of rotatable bonds is 6. The minimum absolute atomic E-state index is 0.398. The smallest absolute Gasteiger partial charge is 0.0721 e. The maximum absolute atomic E-state index is 5.35. The molecule has 0 radical (unpaired) electrons. The van der Waals surface area contributed by atoms with Crippen molar-refractivity contribution in [2.24, 2.45) is 5.10 Å². The number of hydrazone groups is 1. The number of methoxy groups -OCH3 is 1. The highest BCUT2D eigenvalue weighted by Gasteiger charge is 2.23. The Morgan fingerprint density at radius 2 is 1.78 bits per heavy atom. The molecule has 3 rings (SSSR count). The molecule has 0 aromatic heterocycles. The molecule has 3 nitrogen and oxygen atoms in total. The van der Waals surface area contributed by atoms with Crippen molar-refractivity contribution < 1.29 is 4.74 Å². The van der Waals surface area contributed by atoms with Gasteiger partial charge in [-0.05, 0) is 24.0 Å². The standard InChI is InChI=1S/C20H24N2O/c1-23-16-19-13-8-14-22(19)21-20(18-11-6-3-7-12-18)15-17-9-4-2-5-10-17/h2-7,9-12,19H,8,13-16H2,1H3/b21-20+/t19-/m0/s1. The maximum Gasteiger partial charge on any atom is 0.0721 e. The summed E-state index contributed by atoms with van der Waals surface area (Å²) < 4.78 is 5.35. The Balaban J connectivity index is 1.87. The number of nitrogens with zero attached hydrogens (tertiary/aromatic N) is 2. The van der Waals surface area contributed by atoms with Gasteiger partial charge in [-0.2, -0.15) is 5.10 Å². The van der Waals surface area contributed by atoms with Gasteiger partial charge < -0.3 is 4.74 Å². The van der Waals surface area contributed by atoms with Crippen LogP contribution in [0.2, 0.25) is 0 Å². The Labute approximate surface area is 138 Å². The maximum atomic E-state index is 5.35. The van der Waals surface area contributed by atoms with Crippen LogP contribution in [-0.2, 0) is 11.2 Å². The van der Waals surface area contributed by atoms with E-state index in [1.165, 1.54) is 17.5 Å². The summed E-state index contributed by atoms with van der Waals surface area (Å²) in [6.45, 7) is 1.76. The van der Waals surface area contributed by atoms with Gasteiger partial charge in [0.15, 0.2) is 0 Å². The van der Waals surface area contributed by atoms with Crippen LogP contribution in [-0.4, -0.2) is 37.0 Å². The van der Waals surface area contributed by atoms with Crippen LogP contribution >= 0.6 is 0 Å². The number of benzene rings is 2. The van der Waals surface area contributed by atoms with E-state index in [0.717, 1.165) is 31.7 Å². The minimum Gasteiger partial charge on any atom is -0.382 e. The Morgan fingerprint density at radius 1 is 1.09 bits per heavy atom. The highest BCUT2D eigenvalue weighted by Crippen LogP contribution is 2.19. The van der Waals surface area contributed by atoms with E-state index in [1.54, 1.807) is 7.11 Å². The van der Waals surface area contributed by atoms with E-state index in [-0.39, 0.29) is 0 Å². The zero-order valence-electron chi connectivity index (χ0n) is 13.7. The Morgan fingerprint density at radius 3 is 2.48 bits per heavy atom. The third-order valence-corrected chi connectivity index (χ3v) is 4.28. The quantitative estimate of drug-likeness (QED) is 0.759. The van der Waals surface area contributed by atoms with Crippen molar-refractivity contribution in [3.05, 3.63) is 71.8 Å². The minimum atomic E-state index is 0.398. The first-order valence-electron chi connectivity index (χ1n) is 8.29. The molecule has 1 aliphatic rings. The molecule has 0 amide bonds. The lowest BCUT2D eigenvalue weighted by Crippen LogP contribution is -2.30. The molecule has 0 unspecified atom stereocenters. The number of hydrogen-bond acceptors (Lipinski definition) is 3. The predicted molar refractivity (Wildman–Crippen MR) is 94.7 cm³/mol. The summed E-state index contributed by atoms with van der Waals surface area (Å²) in [7, 11) is 1.77. The van der Waals surface area contributed by atoms with E-state index in [4.69, 9.17) is 9.84 Å². The Hall–Kier alpha value is -2.13. The van der Waals surface area contributed by atoms with Gasteiger partial charge in [-0.15, -0.1) is 0 Å². The summed E-state index contributed by atoms with van der Waals surface area (Å²) in [4.78, 5) is 0. The van der Waals surface area contributed by atoms with E-state index >= 15 is 0 Å². The summed E-state index contributed by atoms with van der Waals surface area (Å²) in [6, 6.07) is 21.4. The largest absolute Gasteiger partial charge is 0.382 e. The molecule has 23 heavy (non-hydrogen) atoms. The number of ether oxygens (including phenoxy) is 1. The van der Waals surface area contributed by atoms with Gasteiger partial charge in [0.05, 0.1) is 18.4 Å². The summed E-state index contributed by atoms with van der Waals surface area (Å²) in [5, 5.41) is 7.23. The third kappa shape index (κ3) is 4.20. The highest BCUT2D eigenvalue weighted by atomic mass is 16.5. The second kappa shape index (κ2) is 7.93. The summed E-state index contributed by atoms with van der Waals surface area (Å²) >= 11 is 0. The first kappa shape index (κ1) is 15.8. The van der Waals surface area contributed by atoms with Gasteiger partial charge in [0.25, 0.3) is 0 Å². The lowest BCUT2D eigenvalue weighted by atomic mass is 10.0. The lowest BCUT2D eigenvalue weighted by Gasteiger charge is -2.22. The fourth-order valence-electron chi connectivity index (χ4n) is 3.08. The van der Waals surface area contributed by atoms with Crippen molar-refractivity contribution >= 4 is 5.71 Å². The molecule has 2 aromatic carbocycles. The van der Waals surface area contributed by atoms with E-state index in [1.807, 2.05) is 6.07 Å². The van der Waals surface area contributed by atoms with Crippen LogP contribution in [0.1, 0.15) is 24.0 Å². The van der Waals surface area contributed by atoms with Crippen molar-refractivity contribution in [1.82, 2.24) is 5.01 Å². The molecule has 3 heteroatoms. The van der Waals surface area contributed by atoms with Crippen LogP contribution in [0.3, 0.4) is 0 Å². The van der Waals surface area contributed by atoms with Crippen LogP contribution in [0, 0.1) is 0 Å². The molecule has 1 heterocycles. The third-order valence-electron chi connectivity index (χ3n) is 4.28. The molecular weight excluding hydrogens is 284 g/mol. The van der Waals surface area contributed by atoms with E-state index in [2.05, 4.69) is 59.6 Å². The van der Waals surface area contributed by atoms with Crippen LogP contribution in [0.25, 0.3) is 0 Å². The van der Waals surface area contributed by atoms with Crippen molar-refractivity contribution in [2.75, 3.05) is 20.3 Å². The van der Waals surface area contributed by atoms with Crippen LogP contribution < -0.4 is 0 Å². The van der Waals surface area contributed by atoms with Crippen molar-refractivity contribution in [1.29, 1.82) is 0 Å². The molecule has 0 N–H and O–H groups in total. The SMILES string of the molecule is COC[C@@H]1CCCN1/N=C(\Cc1ccccc1)c1ccccc1. The molecule has 0 spiro atoms. The van der Waals surface area contributed by atoms with E-state index in [9.17, 15) is 0 Å². The van der Waals surface area contributed by atoms with Crippen molar-refractivity contribution in [3.8, 4) is 0 Å².